The first-order valence-corrected chi connectivity index (χ1v) is 9.35. The van der Waals surface area contributed by atoms with Gasteiger partial charge in [-0.25, -0.2) is 9.59 Å². The van der Waals surface area contributed by atoms with Crippen molar-refractivity contribution < 1.29 is 19.1 Å². The van der Waals surface area contributed by atoms with Crippen molar-refractivity contribution in [1.82, 2.24) is 5.32 Å². The van der Waals surface area contributed by atoms with Crippen molar-refractivity contribution in [2.75, 3.05) is 5.32 Å². The number of benzene rings is 3. The lowest BCUT2D eigenvalue weighted by Crippen LogP contribution is -2.24. The highest BCUT2D eigenvalue weighted by atomic mass is 32.1. The third kappa shape index (κ3) is 6.58. The minimum absolute atomic E-state index is 0.188. The molecule has 6 nitrogen and oxygen atoms in total. The summed E-state index contributed by atoms with van der Waals surface area (Å²) in [5.41, 5.74) is 2.15. The molecule has 0 radical (unpaired) electrons. The summed E-state index contributed by atoms with van der Waals surface area (Å²) in [7, 11) is 0. The van der Waals surface area contributed by atoms with Gasteiger partial charge in [-0.15, -0.1) is 12.6 Å². The summed E-state index contributed by atoms with van der Waals surface area (Å²) in [4.78, 5) is 24.6. The maximum absolute atomic E-state index is 12.0. The Morgan fingerprint density at radius 2 is 1.55 bits per heavy atom. The fourth-order valence-corrected chi connectivity index (χ4v) is 2.70. The molecule has 0 saturated heterocycles. The van der Waals surface area contributed by atoms with E-state index in [0.717, 1.165) is 11.1 Å². The number of rotatable bonds is 6. The maximum Gasteiger partial charge on any atom is 0.417 e. The van der Waals surface area contributed by atoms with Crippen LogP contribution < -0.4 is 15.4 Å². The summed E-state index contributed by atoms with van der Waals surface area (Å²) in [6.07, 6.45) is -1.15. The Morgan fingerprint density at radius 1 is 0.862 bits per heavy atom. The predicted molar refractivity (Wildman–Crippen MR) is 113 cm³/mol. The Hall–Kier alpha value is -3.45. The van der Waals surface area contributed by atoms with Gasteiger partial charge in [-0.2, -0.15) is 0 Å². The van der Waals surface area contributed by atoms with Crippen molar-refractivity contribution in [3.8, 4) is 5.75 Å². The van der Waals surface area contributed by atoms with Gasteiger partial charge in [-0.1, -0.05) is 48.5 Å². The molecule has 3 aromatic carbocycles. The third-order valence-electron chi connectivity index (χ3n) is 3.92. The Kier molecular flexibility index (Phi) is 7.13. The number of thiol groups is 1. The van der Waals surface area contributed by atoms with Crippen molar-refractivity contribution in [3.63, 3.8) is 0 Å². The SMILES string of the molecule is O=C(NCc1cc(NC(=O)Oc2ccccc2)ccc1S)OCc1ccccc1. The van der Waals surface area contributed by atoms with E-state index < -0.39 is 12.2 Å². The van der Waals surface area contributed by atoms with Crippen LogP contribution in [0, 0.1) is 0 Å². The summed E-state index contributed by atoms with van der Waals surface area (Å²) in [5.74, 6) is 0.443. The lowest BCUT2D eigenvalue weighted by molar-refractivity contribution is 0.139. The molecule has 0 atom stereocenters. The fraction of sp³-hybridized carbons (Fsp3) is 0.0909. The van der Waals surface area contributed by atoms with Crippen molar-refractivity contribution >= 4 is 30.5 Å². The highest BCUT2D eigenvalue weighted by Gasteiger charge is 2.09. The van der Waals surface area contributed by atoms with Crippen LogP contribution in [0.1, 0.15) is 11.1 Å². The number of nitrogens with one attached hydrogen (secondary N) is 2. The topological polar surface area (TPSA) is 76.7 Å². The molecule has 0 aliphatic heterocycles. The number of carbonyl (C=O) groups is 2. The van der Waals surface area contributed by atoms with E-state index in [4.69, 9.17) is 9.47 Å². The molecule has 0 heterocycles. The summed E-state index contributed by atoms with van der Waals surface area (Å²) >= 11 is 4.39. The van der Waals surface area contributed by atoms with E-state index in [1.54, 1.807) is 42.5 Å². The van der Waals surface area contributed by atoms with Gasteiger partial charge in [-0.3, -0.25) is 5.32 Å². The van der Waals surface area contributed by atoms with E-state index in [0.29, 0.717) is 16.3 Å². The van der Waals surface area contributed by atoms with Gasteiger partial charge < -0.3 is 14.8 Å². The molecule has 2 N–H and O–H groups in total. The van der Waals surface area contributed by atoms with E-state index in [9.17, 15) is 9.59 Å². The lowest BCUT2D eigenvalue weighted by Gasteiger charge is -2.11. The molecule has 0 bridgehead atoms. The van der Waals surface area contributed by atoms with E-state index in [1.165, 1.54) is 0 Å². The number of hydrogen-bond donors (Lipinski definition) is 3. The lowest BCUT2D eigenvalue weighted by atomic mass is 10.2. The zero-order valence-corrected chi connectivity index (χ0v) is 16.4. The molecule has 29 heavy (non-hydrogen) atoms. The van der Waals surface area contributed by atoms with Crippen LogP contribution >= 0.6 is 12.6 Å². The number of alkyl carbamates (subject to hydrolysis) is 1. The van der Waals surface area contributed by atoms with Crippen LogP contribution in [0.3, 0.4) is 0 Å². The Bertz CT molecular complexity index is 965. The van der Waals surface area contributed by atoms with Crippen LogP contribution in [-0.2, 0) is 17.9 Å². The average molecular weight is 408 g/mol. The highest BCUT2D eigenvalue weighted by Crippen LogP contribution is 2.20. The monoisotopic (exact) mass is 408 g/mol. The highest BCUT2D eigenvalue weighted by molar-refractivity contribution is 7.80. The van der Waals surface area contributed by atoms with E-state index >= 15 is 0 Å². The van der Waals surface area contributed by atoms with Crippen LogP contribution in [0.25, 0.3) is 0 Å². The molecule has 148 valence electrons. The van der Waals surface area contributed by atoms with Crippen molar-refractivity contribution in [2.45, 2.75) is 18.0 Å². The van der Waals surface area contributed by atoms with Gasteiger partial charge in [0.25, 0.3) is 0 Å². The number of carbonyl (C=O) groups excluding carboxylic acids is 2. The number of hydrogen-bond acceptors (Lipinski definition) is 5. The maximum atomic E-state index is 12.0. The Morgan fingerprint density at radius 3 is 2.28 bits per heavy atom. The molecule has 7 heteroatoms. The van der Waals surface area contributed by atoms with Gasteiger partial charge in [0.15, 0.2) is 0 Å². The quantitative estimate of drug-likeness (QED) is 0.501. The zero-order chi connectivity index (χ0) is 20.5. The van der Waals surface area contributed by atoms with Gasteiger partial charge in [0.1, 0.15) is 12.4 Å². The van der Waals surface area contributed by atoms with Crippen LogP contribution in [-0.4, -0.2) is 12.2 Å². The second-order valence-electron chi connectivity index (χ2n) is 6.09. The molecule has 0 aromatic heterocycles. The number of amides is 2. The van der Waals surface area contributed by atoms with E-state index in [-0.39, 0.29) is 13.2 Å². The van der Waals surface area contributed by atoms with Gasteiger partial charge in [-0.05, 0) is 41.5 Å². The van der Waals surface area contributed by atoms with E-state index in [2.05, 4.69) is 23.3 Å². The molecule has 0 unspecified atom stereocenters. The molecule has 2 amide bonds. The molecule has 0 aliphatic carbocycles. The van der Waals surface area contributed by atoms with Crippen molar-refractivity contribution in [3.05, 3.63) is 90.0 Å². The summed E-state index contributed by atoms with van der Waals surface area (Å²) in [5, 5.41) is 5.33. The number of ether oxygens (including phenoxy) is 2. The van der Waals surface area contributed by atoms with E-state index in [1.807, 2.05) is 36.4 Å². The van der Waals surface area contributed by atoms with Crippen LogP contribution in [0.2, 0.25) is 0 Å². The third-order valence-corrected chi connectivity index (χ3v) is 4.35. The zero-order valence-electron chi connectivity index (χ0n) is 15.5. The first kappa shape index (κ1) is 20.3. The molecular weight excluding hydrogens is 388 g/mol. The van der Waals surface area contributed by atoms with Crippen LogP contribution in [0.5, 0.6) is 5.75 Å². The standard InChI is InChI=1S/C22H20N2O4S/c25-21(27-15-16-7-3-1-4-8-16)23-14-17-13-18(11-12-20(17)29)24-22(26)28-19-9-5-2-6-10-19/h1-13,29H,14-15H2,(H,23,25)(H,24,26). The average Bonchev–Trinajstić information content (AvgIpc) is 2.74. The largest absolute Gasteiger partial charge is 0.445 e. The molecule has 0 saturated carbocycles. The van der Waals surface area contributed by atoms with Gasteiger partial charge in [0.2, 0.25) is 0 Å². The van der Waals surface area contributed by atoms with Crippen LogP contribution in [0.15, 0.2) is 83.8 Å². The summed E-state index contributed by atoms with van der Waals surface area (Å²) < 4.78 is 10.4. The predicted octanol–water partition coefficient (Wildman–Crippen LogP) is 5.01. The fourth-order valence-electron chi connectivity index (χ4n) is 2.49. The van der Waals surface area contributed by atoms with Gasteiger partial charge >= 0.3 is 12.2 Å². The van der Waals surface area contributed by atoms with Gasteiger partial charge in [0, 0.05) is 17.1 Å². The second-order valence-corrected chi connectivity index (χ2v) is 6.57. The number of anilines is 1. The molecule has 3 aromatic rings. The summed E-state index contributed by atoms with van der Waals surface area (Å²) in [6.45, 7) is 0.392. The minimum Gasteiger partial charge on any atom is -0.445 e. The molecule has 0 fully saturated rings. The molecule has 0 aliphatic rings. The Balaban J connectivity index is 1.52. The number of para-hydroxylation sites is 1. The minimum atomic E-state index is -0.607. The first-order chi connectivity index (χ1) is 14.1. The van der Waals surface area contributed by atoms with Gasteiger partial charge in [0.05, 0.1) is 0 Å². The van der Waals surface area contributed by atoms with Crippen LogP contribution in [0.4, 0.5) is 15.3 Å². The molecular formula is C22H20N2O4S. The van der Waals surface area contributed by atoms with Crippen molar-refractivity contribution in [2.24, 2.45) is 0 Å². The Labute approximate surface area is 174 Å². The normalized spacial score (nSPS) is 10.1. The van der Waals surface area contributed by atoms with Crippen molar-refractivity contribution in [1.29, 1.82) is 0 Å². The molecule has 0 spiro atoms. The second kappa shape index (κ2) is 10.2. The summed E-state index contributed by atoms with van der Waals surface area (Å²) in [6, 6.07) is 23.3. The smallest absolute Gasteiger partial charge is 0.417 e. The first-order valence-electron chi connectivity index (χ1n) is 8.90. The molecule has 3 rings (SSSR count).